The van der Waals surface area contributed by atoms with Crippen LogP contribution in [0.15, 0.2) is 0 Å². The molecule has 7 nitrogen and oxygen atoms in total. The third-order valence-corrected chi connectivity index (χ3v) is 3.90. The Labute approximate surface area is 150 Å². The second kappa shape index (κ2) is 9.17. The number of hydrogen-bond donors (Lipinski definition) is 2. The zero-order chi connectivity index (χ0) is 19.2. The summed E-state index contributed by atoms with van der Waals surface area (Å²) >= 11 is 0. The van der Waals surface area contributed by atoms with Crippen LogP contribution in [0.4, 0.5) is 4.79 Å². The topological polar surface area (TPSA) is 93.7 Å². The van der Waals surface area contributed by atoms with E-state index in [0.29, 0.717) is 12.8 Å². The van der Waals surface area contributed by atoms with Crippen molar-refractivity contribution in [2.45, 2.75) is 91.0 Å². The first-order valence-electron chi connectivity index (χ1n) is 9.03. The Kier molecular flexibility index (Phi) is 7.86. The summed E-state index contributed by atoms with van der Waals surface area (Å²) in [6.45, 7) is 11.1. The monoisotopic (exact) mass is 356 g/mol. The van der Waals surface area contributed by atoms with Gasteiger partial charge in [-0.05, 0) is 52.4 Å². The number of carbonyl (C=O) groups excluding carboxylic acids is 3. The average molecular weight is 356 g/mol. The molecule has 0 spiro atoms. The zero-order valence-electron chi connectivity index (χ0n) is 16.2. The molecule has 1 saturated heterocycles. The van der Waals surface area contributed by atoms with E-state index in [4.69, 9.17) is 9.47 Å². The van der Waals surface area contributed by atoms with E-state index in [2.05, 4.69) is 10.6 Å². The third-order valence-electron chi connectivity index (χ3n) is 3.90. The molecule has 1 aliphatic heterocycles. The summed E-state index contributed by atoms with van der Waals surface area (Å²) in [7, 11) is 0. The smallest absolute Gasteiger partial charge is 0.408 e. The first-order chi connectivity index (χ1) is 11.5. The van der Waals surface area contributed by atoms with Crippen molar-refractivity contribution in [3.63, 3.8) is 0 Å². The second-order valence-electron chi connectivity index (χ2n) is 7.97. The van der Waals surface area contributed by atoms with E-state index in [1.807, 2.05) is 20.8 Å². The van der Waals surface area contributed by atoms with Gasteiger partial charge in [0.1, 0.15) is 17.7 Å². The van der Waals surface area contributed by atoms with Gasteiger partial charge in [-0.2, -0.15) is 0 Å². The number of alkyl carbamates (subject to hydrolysis) is 1. The molecule has 7 heteroatoms. The fourth-order valence-corrected chi connectivity index (χ4v) is 2.70. The summed E-state index contributed by atoms with van der Waals surface area (Å²) in [5, 5.41) is 5.67. The SMILES string of the molecule is CC[C@H]1CC[C@@H](C(=O)OC(=O)[C@H](CC(C)C)NC(=O)OC(C)(C)C)N1. The van der Waals surface area contributed by atoms with Gasteiger partial charge in [0.2, 0.25) is 0 Å². The molecule has 1 heterocycles. The Hall–Kier alpha value is -1.63. The maximum absolute atomic E-state index is 12.4. The van der Waals surface area contributed by atoms with Crippen molar-refractivity contribution in [3.05, 3.63) is 0 Å². The average Bonchev–Trinajstić information content (AvgIpc) is 2.92. The predicted molar refractivity (Wildman–Crippen MR) is 93.9 cm³/mol. The fourth-order valence-electron chi connectivity index (χ4n) is 2.70. The minimum Gasteiger partial charge on any atom is -0.444 e. The summed E-state index contributed by atoms with van der Waals surface area (Å²) in [5.41, 5.74) is -0.672. The molecule has 0 radical (unpaired) electrons. The molecular formula is C18H32N2O5. The molecule has 0 saturated carbocycles. The second-order valence-corrected chi connectivity index (χ2v) is 7.97. The van der Waals surface area contributed by atoms with Crippen LogP contribution in [0.3, 0.4) is 0 Å². The van der Waals surface area contributed by atoms with Crippen molar-refractivity contribution in [3.8, 4) is 0 Å². The Morgan fingerprint density at radius 3 is 2.32 bits per heavy atom. The van der Waals surface area contributed by atoms with Crippen LogP contribution in [-0.4, -0.2) is 41.8 Å². The molecule has 25 heavy (non-hydrogen) atoms. The molecular weight excluding hydrogens is 324 g/mol. The van der Waals surface area contributed by atoms with E-state index in [-0.39, 0.29) is 12.0 Å². The lowest BCUT2D eigenvalue weighted by Crippen LogP contribution is -2.47. The Morgan fingerprint density at radius 1 is 1.20 bits per heavy atom. The number of hydrogen-bond acceptors (Lipinski definition) is 6. The van der Waals surface area contributed by atoms with E-state index < -0.39 is 35.7 Å². The molecule has 1 rings (SSSR count). The molecule has 1 aliphatic rings. The molecule has 0 aromatic heterocycles. The van der Waals surface area contributed by atoms with Crippen molar-refractivity contribution < 1.29 is 23.9 Å². The van der Waals surface area contributed by atoms with Crippen molar-refractivity contribution >= 4 is 18.0 Å². The molecule has 3 atom stereocenters. The minimum absolute atomic E-state index is 0.136. The van der Waals surface area contributed by atoms with Crippen LogP contribution in [0.1, 0.15) is 67.2 Å². The van der Waals surface area contributed by atoms with E-state index in [1.54, 1.807) is 20.8 Å². The summed E-state index contributed by atoms with van der Waals surface area (Å²) in [5.74, 6) is -1.19. The van der Waals surface area contributed by atoms with Crippen LogP contribution in [0.25, 0.3) is 0 Å². The van der Waals surface area contributed by atoms with Crippen LogP contribution < -0.4 is 10.6 Å². The van der Waals surface area contributed by atoms with Gasteiger partial charge in [0, 0.05) is 6.04 Å². The lowest BCUT2D eigenvalue weighted by molar-refractivity contribution is -0.162. The molecule has 0 aromatic rings. The van der Waals surface area contributed by atoms with Gasteiger partial charge < -0.3 is 20.1 Å². The summed E-state index contributed by atoms with van der Waals surface area (Å²) in [6, 6.07) is -1.10. The van der Waals surface area contributed by atoms with Crippen LogP contribution in [0.5, 0.6) is 0 Å². The molecule has 0 aromatic carbocycles. The highest BCUT2D eigenvalue weighted by molar-refractivity contribution is 5.92. The quantitative estimate of drug-likeness (QED) is 0.561. The highest BCUT2D eigenvalue weighted by Crippen LogP contribution is 2.17. The maximum Gasteiger partial charge on any atom is 0.408 e. The normalized spacial score (nSPS) is 21.7. The Morgan fingerprint density at radius 2 is 1.84 bits per heavy atom. The van der Waals surface area contributed by atoms with Crippen LogP contribution in [-0.2, 0) is 19.1 Å². The van der Waals surface area contributed by atoms with E-state index in [0.717, 1.165) is 12.8 Å². The highest BCUT2D eigenvalue weighted by atomic mass is 16.6. The number of nitrogens with one attached hydrogen (secondary N) is 2. The van der Waals surface area contributed by atoms with Crippen molar-refractivity contribution in [1.29, 1.82) is 0 Å². The van der Waals surface area contributed by atoms with Gasteiger partial charge in [-0.15, -0.1) is 0 Å². The van der Waals surface area contributed by atoms with Crippen molar-refractivity contribution in [2.75, 3.05) is 0 Å². The number of rotatable bonds is 6. The lowest BCUT2D eigenvalue weighted by Gasteiger charge is -2.23. The molecule has 1 fully saturated rings. The first-order valence-corrected chi connectivity index (χ1v) is 9.03. The number of esters is 2. The maximum atomic E-state index is 12.4. The van der Waals surface area contributed by atoms with Crippen LogP contribution >= 0.6 is 0 Å². The van der Waals surface area contributed by atoms with Gasteiger partial charge >= 0.3 is 18.0 Å². The van der Waals surface area contributed by atoms with E-state index in [1.165, 1.54) is 0 Å². The van der Waals surface area contributed by atoms with Gasteiger partial charge in [-0.3, -0.25) is 0 Å². The lowest BCUT2D eigenvalue weighted by atomic mass is 10.0. The van der Waals surface area contributed by atoms with Crippen LogP contribution in [0, 0.1) is 5.92 Å². The molecule has 1 amide bonds. The standard InChI is InChI=1S/C18H32N2O5/c1-7-12-8-9-13(19-12)15(21)24-16(22)14(10-11(2)3)20-17(23)25-18(4,5)6/h11-14,19H,7-10H2,1-6H3,(H,20,23)/t12-,13-,14-/m0/s1. The number of amides is 1. The Bertz CT molecular complexity index is 484. The molecule has 0 unspecified atom stereocenters. The fraction of sp³-hybridized carbons (Fsp3) is 0.833. The largest absolute Gasteiger partial charge is 0.444 e. The predicted octanol–water partition coefficient (Wildman–Crippen LogP) is 2.53. The van der Waals surface area contributed by atoms with E-state index in [9.17, 15) is 14.4 Å². The highest BCUT2D eigenvalue weighted by Gasteiger charge is 2.33. The summed E-state index contributed by atoms with van der Waals surface area (Å²) in [6.07, 6.45) is 2.12. The van der Waals surface area contributed by atoms with Gasteiger partial charge in [0.25, 0.3) is 0 Å². The van der Waals surface area contributed by atoms with Gasteiger partial charge in [-0.25, -0.2) is 14.4 Å². The summed E-state index contributed by atoms with van der Waals surface area (Å²) < 4.78 is 10.2. The number of ether oxygens (including phenoxy) is 2. The van der Waals surface area contributed by atoms with Crippen molar-refractivity contribution in [2.24, 2.45) is 5.92 Å². The van der Waals surface area contributed by atoms with Gasteiger partial charge in [0.15, 0.2) is 0 Å². The molecule has 0 aliphatic carbocycles. The Balaban J connectivity index is 2.63. The zero-order valence-corrected chi connectivity index (χ0v) is 16.2. The van der Waals surface area contributed by atoms with Crippen molar-refractivity contribution in [1.82, 2.24) is 10.6 Å². The van der Waals surface area contributed by atoms with Crippen LogP contribution in [0.2, 0.25) is 0 Å². The van der Waals surface area contributed by atoms with E-state index >= 15 is 0 Å². The van der Waals surface area contributed by atoms with Gasteiger partial charge in [-0.1, -0.05) is 20.8 Å². The molecule has 144 valence electrons. The molecule has 0 bridgehead atoms. The minimum atomic E-state index is -0.915. The first kappa shape index (κ1) is 21.4. The third kappa shape index (κ3) is 7.86. The summed E-state index contributed by atoms with van der Waals surface area (Å²) in [4.78, 5) is 36.5. The van der Waals surface area contributed by atoms with Gasteiger partial charge in [0.05, 0.1) is 0 Å². The molecule has 2 N–H and O–H groups in total. The number of carbonyl (C=O) groups is 3.